The number of urea groups is 1. The minimum Gasteiger partial charge on any atom is -0.348 e. The highest BCUT2D eigenvalue weighted by atomic mass is 16.2. The zero-order chi connectivity index (χ0) is 23.4. The molecule has 33 heavy (non-hydrogen) atoms. The molecule has 3 aromatic rings. The van der Waals surface area contributed by atoms with E-state index in [1.165, 1.54) is 0 Å². The van der Waals surface area contributed by atoms with Gasteiger partial charge in [-0.25, -0.2) is 9.78 Å². The fourth-order valence-corrected chi connectivity index (χ4v) is 3.96. The lowest BCUT2D eigenvalue weighted by atomic mass is 9.93. The summed E-state index contributed by atoms with van der Waals surface area (Å²) in [7, 11) is 0. The van der Waals surface area contributed by atoms with Gasteiger partial charge in [0.25, 0.3) is 5.91 Å². The van der Waals surface area contributed by atoms with E-state index in [-0.39, 0.29) is 18.5 Å². The highest BCUT2D eigenvalue weighted by Crippen LogP contribution is 2.23. The molecule has 1 aliphatic rings. The molecule has 0 spiro atoms. The second kappa shape index (κ2) is 9.28. The number of aryl methyl sites for hydroxylation is 1. The summed E-state index contributed by atoms with van der Waals surface area (Å²) in [5.74, 6) is -0.770. The molecule has 4 rings (SSSR count). The van der Waals surface area contributed by atoms with Gasteiger partial charge in [-0.3, -0.25) is 14.5 Å². The van der Waals surface area contributed by atoms with Crippen LogP contribution in [0.25, 0.3) is 5.69 Å². The minimum atomic E-state index is -1.03. The molecular formula is C25H27N5O3. The SMILES string of the molecule is C[C@@H](NC(=O)CN1C(=O)N[C@](C)(CCc2ccccc2)C1=O)c1ccc(-n2ccnc2)cc1. The highest BCUT2D eigenvalue weighted by Gasteiger charge is 2.47. The Kier molecular flexibility index (Phi) is 6.26. The quantitative estimate of drug-likeness (QED) is 0.521. The molecule has 1 aliphatic heterocycles. The predicted octanol–water partition coefficient (Wildman–Crippen LogP) is 2.99. The summed E-state index contributed by atoms with van der Waals surface area (Å²) in [6, 6.07) is 16.7. The number of amides is 4. The highest BCUT2D eigenvalue weighted by molar-refractivity contribution is 6.08. The number of benzene rings is 2. The van der Waals surface area contributed by atoms with Gasteiger partial charge in [0, 0.05) is 18.1 Å². The molecule has 0 bridgehead atoms. The van der Waals surface area contributed by atoms with Crippen LogP contribution in [0.15, 0.2) is 73.3 Å². The van der Waals surface area contributed by atoms with Gasteiger partial charge in [0.1, 0.15) is 12.1 Å². The Bertz CT molecular complexity index is 1130. The number of carbonyl (C=O) groups is 3. The maximum Gasteiger partial charge on any atom is 0.325 e. The standard InChI is InChI=1S/C25H27N5O3/c1-18(20-8-10-21(11-9-20)29-15-14-26-17-29)27-22(31)16-30-23(32)25(2,28-24(30)33)13-12-19-6-4-3-5-7-19/h3-11,14-15,17-18H,12-13,16H2,1-2H3,(H,27,31)(H,28,33)/t18-,25-/m1/s1. The third-order valence-electron chi connectivity index (χ3n) is 5.98. The van der Waals surface area contributed by atoms with Gasteiger partial charge in [0.05, 0.1) is 12.4 Å². The second-order valence-electron chi connectivity index (χ2n) is 8.49. The summed E-state index contributed by atoms with van der Waals surface area (Å²) >= 11 is 0. The third kappa shape index (κ3) is 4.95. The summed E-state index contributed by atoms with van der Waals surface area (Å²) in [6.45, 7) is 3.25. The van der Waals surface area contributed by atoms with Crippen molar-refractivity contribution in [3.8, 4) is 5.69 Å². The van der Waals surface area contributed by atoms with E-state index in [1.54, 1.807) is 19.4 Å². The number of nitrogens with one attached hydrogen (secondary N) is 2. The van der Waals surface area contributed by atoms with Crippen LogP contribution < -0.4 is 10.6 Å². The van der Waals surface area contributed by atoms with Gasteiger partial charge in [0.2, 0.25) is 5.91 Å². The van der Waals surface area contributed by atoms with Gasteiger partial charge in [0.15, 0.2) is 0 Å². The Morgan fingerprint density at radius 2 is 1.85 bits per heavy atom. The van der Waals surface area contributed by atoms with Gasteiger partial charge < -0.3 is 15.2 Å². The van der Waals surface area contributed by atoms with E-state index in [0.29, 0.717) is 12.8 Å². The Labute approximate surface area is 192 Å². The molecule has 8 heteroatoms. The first-order chi connectivity index (χ1) is 15.9. The number of aromatic nitrogens is 2. The number of nitrogens with zero attached hydrogens (tertiary/aromatic N) is 3. The third-order valence-corrected chi connectivity index (χ3v) is 5.98. The topological polar surface area (TPSA) is 96.3 Å². The van der Waals surface area contributed by atoms with Crippen LogP contribution in [-0.2, 0) is 16.0 Å². The van der Waals surface area contributed by atoms with Crippen molar-refractivity contribution < 1.29 is 14.4 Å². The van der Waals surface area contributed by atoms with Gasteiger partial charge in [-0.15, -0.1) is 0 Å². The van der Waals surface area contributed by atoms with E-state index < -0.39 is 17.5 Å². The van der Waals surface area contributed by atoms with E-state index in [0.717, 1.165) is 21.7 Å². The summed E-state index contributed by atoms with van der Waals surface area (Å²) in [5, 5.41) is 5.63. The van der Waals surface area contributed by atoms with Crippen molar-refractivity contribution in [2.24, 2.45) is 0 Å². The summed E-state index contributed by atoms with van der Waals surface area (Å²) < 4.78 is 1.89. The van der Waals surface area contributed by atoms with Gasteiger partial charge in [-0.1, -0.05) is 42.5 Å². The van der Waals surface area contributed by atoms with Crippen LogP contribution in [0.5, 0.6) is 0 Å². The predicted molar refractivity (Wildman–Crippen MR) is 124 cm³/mol. The zero-order valence-electron chi connectivity index (χ0n) is 18.7. The molecule has 1 fully saturated rings. The maximum atomic E-state index is 13.0. The summed E-state index contributed by atoms with van der Waals surface area (Å²) in [5.41, 5.74) is 1.94. The molecule has 2 atom stereocenters. The molecule has 2 N–H and O–H groups in total. The molecule has 1 saturated heterocycles. The molecule has 0 radical (unpaired) electrons. The van der Waals surface area contributed by atoms with E-state index in [4.69, 9.17) is 0 Å². The molecule has 1 aromatic heterocycles. The number of hydrogen-bond acceptors (Lipinski definition) is 4. The van der Waals surface area contributed by atoms with E-state index >= 15 is 0 Å². The molecule has 2 aromatic carbocycles. The number of imidazole rings is 1. The van der Waals surface area contributed by atoms with E-state index in [1.807, 2.05) is 72.3 Å². The lowest BCUT2D eigenvalue weighted by Gasteiger charge is -2.22. The molecule has 0 unspecified atom stereocenters. The molecule has 170 valence electrons. The van der Waals surface area contributed by atoms with Crippen LogP contribution in [0.1, 0.15) is 37.4 Å². The van der Waals surface area contributed by atoms with Crippen molar-refractivity contribution in [1.29, 1.82) is 0 Å². The number of imide groups is 1. The zero-order valence-corrected chi connectivity index (χ0v) is 18.7. The van der Waals surface area contributed by atoms with Crippen molar-refractivity contribution in [1.82, 2.24) is 25.1 Å². The molecular weight excluding hydrogens is 418 g/mol. The summed E-state index contributed by atoms with van der Waals surface area (Å²) in [4.78, 5) is 43.1. The molecule has 0 aliphatic carbocycles. The van der Waals surface area contributed by atoms with Gasteiger partial charge in [-0.2, -0.15) is 0 Å². The first-order valence-corrected chi connectivity index (χ1v) is 10.9. The Hall–Kier alpha value is -3.94. The second-order valence-corrected chi connectivity index (χ2v) is 8.49. The van der Waals surface area contributed by atoms with Crippen molar-refractivity contribution in [2.45, 2.75) is 38.3 Å². The fraction of sp³-hybridized carbons (Fsp3) is 0.280. The molecule has 0 saturated carbocycles. The average Bonchev–Trinajstić information content (AvgIpc) is 3.42. The first-order valence-electron chi connectivity index (χ1n) is 10.9. The van der Waals surface area contributed by atoms with Crippen molar-refractivity contribution >= 4 is 17.8 Å². The van der Waals surface area contributed by atoms with Crippen LogP contribution in [0.2, 0.25) is 0 Å². The van der Waals surface area contributed by atoms with Crippen LogP contribution in [0, 0.1) is 0 Å². The maximum absolute atomic E-state index is 13.0. The average molecular weight is 446 g/mol. The van der Waals surface area contributed by atoms with Crippen molar-refractivity contribution in [3.05, 3.63) is 84.4 Å². The van der Waals surface area contributed by atoms with E-state index in [9.17, 15) is 14.4 Å². The monoisotopic (exact) mass is 445 g/mol. The van der Waals surface area contributed by atoms with Crippen LogP contribution >= 0.6 is 0 Å². The lowest BCUT2D eigenvalue weighted by molar-refractivity contribution is -0.134. The van der Waals surface area contributed by atoms with Gasteiger partial charge in [-0.05, 0) is 49.9 Å². The fourth-order valence-electron chi connectivity index (χ4n) is 3.96. The number of rotatable bonds is 8. The summed E-state index contributed by atoms with van der Waals surface area (Å²) in [6.07, 6.45) is 6.38. The molecule has 2 heterocycles. The van der Waals surface area contributed by atoms with Crippen LogP contribution in [0.3, 0.4) is 0 Å². The Morgan fingerprint density at radius 3 is 2.52 bits per heavy atom. The smallest absolute Gasteiger partial charge is 0.325 e. The molecule has 8 nitrogen and oxygen atoms in total. The van der Waals surface area contributed by atoms with Crippen molar-refractivity contribution in [2.75, 3.05) is 6.54 Å². The van der Waals surface area contributed by atoms with Crippen molar-refractivity contribution in [3.63, 3.8) is 0 Å². The van der Waals surface area contributed by atoms with Crippen LogP contribution in [0.4, 0.5) is 4.79 Å². The first kappa shape index (κ1) is 22.3. The van der Waals surface area contributed by atoms with Gasteiger partial charge >= 0.3 is 6.03 Å². The Balaban J connectivity index is 1.33. The lowest BCUT2D eigenvalue weighted by Crippen LogP contribution is -2.45. The van der Waals surface area contributed by atoms with E-state index in [2.05, 4.69) is 15.6 Å². The minimum absolute atomic E-state index is 0.278. The largest absolute Gasteiger partial charge is 0.348 e. The Morgan fingerprint density at radius 1 is 1.12 bits per heavy atom. The number of carbonyl (C=O) groups excluding carboxylic acids is 3. The van der Waals surface area contributed by atoms with Crippen LogP contribution in [-0.4, -0.2) is 44.4 Å². The number of hydrogen-bond donors (Lipinski definition) is 2. The normalized spacial score (nSPS) is 18.8. The molecule has 4 amide bonds.